The average Bonchev–Trinajstić information content (AvgIpc) is 2.47. The van der Waals surface area contributed by atoms with E-state index in [2.05, 4.69) is 33.4 Å². The van der Waals surface area contributed by atoms with Crippen molar-refractivity contribution < 1.29 is 9.18 Å². The lowest BCUT2D eigenvalue weighted by Crippen LogP contribution is -2.31. The fourth-order valence-corrected chi connectivity index (χ4v) is 3.34. The molecule has 21 heavy (non-hydrogen) atoms. The second-order valence-electron chi connectivity index (χ2n) is 5.24. The lowest BCUT2D eigenvalue weighted by Gasteiger charge is -2.26. The number of carbonyl (C=O) groups is 1. The van der Waals surface area contributed by atoms with E-state index in [0.717, 1.165) is 19.3 Å². The predicted molar refractivity (Wildman–Crippen MR) is 83.7 cm³/mol. The number of carbonyl (C=O) groups excluding carboxylic acids is 1. The first-order chi connectivity index (χ1) is 10.1. The van der Waals surface area contributed by atoms with Crippen LogP contribution in [0.4, 0.5) is 4.39 Å². The molecule has 0 aromatic heterocycles. The van der Waals surface area contributed by atoms with Crippen molar-refractivity contribution in [3.05, 3.63) is 69.4 Å². The monoisotopic (exact) mass is 347 g/mol. The summed E-state index contributed by atoms with van der Waals surface area (Å²) in [7, 11) is 0. The van der Waals surface area contributed by atoms with E-state index >= 15 is 0 Å². The molecule has 1 atom stereocenters. The predicted octanol–water partition coefficient (Wildman–Crippen LogP) is 4.40. The highest BCUT2D eigenvalue weighted by Crippen LogP contribution is 2.30. The van der Waals surface area contributed by atoms with Crippen LogP contribution in [0.5, 0.6) is 0 Å². The van der Waals surface area contributed by atoms with Crippen molar-refractivity contribution in [1.29, 1.82) is 0 Å². The summed E-state index contributed by atoms with van der Waals surface area (Å²) in [5.74, 6) is -0.537. The van der Waals surface area contributed by atoms with Crippen molar-refractivity contribution in [2.24, 2.45) is 0 Å². The normalized spacial score (nSPS) is 17.1. The van der Waals surface area contributed by atoms with Crippen LogP contribution in [0, 0.1) is 5.82 Å². The van der Waals surface area contributed by atoms with E-state index in [4.69, 9.17) is 0 Å². The first-order valence-corrected chi connectivity index (χ1v) is 7.78. The summed E-state index contributed by atoms with van der Waals surface area (Å²) in [6.45, 7) is 0. The van der Waals surface area contributed by atoms with Crippen LogP contribution in [-0.2, 0) is 6.42 Å². The Morgan fingerprint density at radius 2 is 2.05 bits per heavy atom. The minimum atomic E-state index is -0.360. The van der Waals surface area contributed by atoms with Gasteiger partial charge in [-0.2, -0.15) is 0 Å². The summed E-state index contributed by atoms with van der Waals surface area (Å²) in [6, 6.07) is 12.3. The second-order valence-corrected chi connectivity index (χ2v) is 6.10. The molecule has 3 rings (SSSR count). The summed E-state index contributed by atoms with van der Waals surface area (Å²) in [4.78, 5) is 12.4. The number of halogens is 2. The Labute approximate surface area is 131 Å². The topological polar surface area (TPSA) is 29.1 Å². The van der Waals surface area contributed by atoms with Crippen molar-refractivity contribution in [2.45, 2.75) is 25.3 Å². The Morgan fingerprint density at radius 3 is 2.86 bits per heavy atom. The average molecular weight is 348 g/mol. The van der Waals surface area contributed by atoms with Gasteiger partial charge in [-0.1, -0.05) is 24.3 Å². The van der Waals surface area contributed by atoms with Gasteiger partial charge in [0.25, 0.3) is 5.91 Å². The van der Waals surface area contributed by atoms with E-state index < -0.39 is 0 Å². The lowest BCUT2D eigenvalue weighted by molar-refractivity contribution is 0.0932. The molecule has 1 aliphatic carbocycles. The number of fused-ring (bicyclic) bond motifs is 1. The summed E-state index contributed by atoms with van der Waals surface area (Å²) >= 11 is 3.24. The van der Waals surface area contributed by atoms with E-state index in [1.54, 1.807) is 0 Å². The molecule has 0 saturated carbocycles. The lowest BCUT2D eigenvalue weighted by atomic mass is 9.87. The quantitative estimate of drug-likeness (QED) is 0.857. The van der Waals surface area contributed by atoms with Gasteiger partial charge in [-0.15, -0.1) is 0 Å². The number of rotatable bonds is 2. The van der Waals surface area contributed by atoms with Gasteiger partial charge in [-0.05, 0) is 64.5 Å². The number of hydrogen-bond donors (Lipinski definition) is 1. The van der Waals surface area contributed by atoms with E-state index in [0.29, 0.717) is 10.0 Å². The van der Waals surface area contributed by atoms with Crippen LogP contribution in [0.2, 0.25) is 0 Å². The molecule has 4 heteroatoms. The molecule has 1 aliphatic rings. The Morgan fingerprint density at radius 1 is 1.24 bits per heavy atom. The third-order valence-corrected chi connectivity index (χ3v) is 4.51. The zero-order valence-electron chi connectivity index (χ0n) is 11.4. The molecular weight excluding hydrogens is 333 g/mol. The van der Waals surface area contributed by atoms with Crippen LogP contribution < -0.4 is 5.32 Å². The van der Waals surface area contributed by atoms with Crippen molar-refractivity contribution in [3.63, 3.8) is 0 Å². The van der Waals surface area contributed by atoms with Crippen molar-refractivity contribution in [1.82, 2.24) is 5.32 Å². The van der Waals surface area contributed by atoms with Crippen LogP contribution in [0.3, 0.4) is 0 Å². The molecule has 1 amide bonds. The molecular formula is C17H15BrFNO. The van der Waals surface area contributed by atoms with Gasteiger partial charge >= 0.3 is 0 Å². The summed E-state index contributed by atoms with van der Waals surface area (Å²) in [6.07, 6.45) is 3.05. The van der Waals surface area contributed by atoms with Gasteiger partial charge in [-0.3, -0.25) is 4.79 Å². The van der Waals surface area contributed by atoms with Crippen LogP contribution in [0.15, 0.2) is 46.9 Å². The second kappa shape index (κ2) is 5.98. The van der Waals surface area contributed by atoms with Gasteiger partial charge < -0.3 is 5.32 Å². The number of nitrogens with one attached hydrogen (secondary N) is 1. The number of amides is 1. The fourth-order valence-electron chi connectivity index (χ4n) is 2.81. The highest BCUT2D eigenvalue weighted by Gasteiger charge is 2.22. The molecule has 0 radical (unpaired) electrons. The molecule has 108 valence electrons. The molecule has 0 aliphatic heterocycles. The van der Waals surface area contributed by atoms with Gasteiger partial charge in [0, 0.05) is 4.47 Å². The zero-order valence-corrected chi connectivity index (χ0v) is 13.0. The maximum Gasteiger partial charge on any atom is 0.252 e. The molecule has 1 N–H and O–H groups in total. The molecule has 0 fully saturated rings. The van der Waals surface area contributed by atoms with Gasteiger partial charge in [0.05, 0.1) is 11.6 Å². The number of benzene rings is 2. The van der Waals surface area contributed by atoms with Crippen LogP contribution in [0.25, 0.3) is 0 Å². The third kappa shape index (κ3) is 3.00. The summed E-state index contributed by atoms with van der Waals surface area (Å²) in [5.41, 5.74) is 2.95. The molecule has 0 heterocycles. The molecule has 2 nitrogen and oxygen atoms in total. The molecule has 2 aromatic rings. The Kier molecular flexibility index (Phi) is 4.06. The molecule has 1 unspecified atom stereocenters. The maximum absolute atomic E-state index is 13.1. The minimum Gasteiger partial charge on any atom is -0.345 e. The highest BCUT2D eigenvalue weighted by molar-refractivity contribution is 9.10. The number of hydrogen-bond acceptors (Lipinski definition) is 1. The van der Waals surface area contributed by atoms with E-state index in [1.807, 2.05) is 12.1 Å². The Hall–Kier alpha value is -1.68. The molecule has 0 bridgehead atoms. The SMILES string of the molecule is O=C(NC1CCCc2ccccc21)c1ccc(F)cc1Br. The van der Waals surface area contributed by atoms with Gasteiger partial charge in [0.2, 0.25) is 0 Å². The van der Waals surface area contributed by atoms with Crippen LogP contribution in [0.1, 0.15) is 40.4 Å². The Balaban J connectivity index is 1.83. The van der Waals surface area contributed by atoms with Crippen molar-refractivity contribution >= 4 is 21.8 Å². The van der Waals surface area contributed by atoms with E-state index in [1.165, 1.54) is 29.3 Å². The summed E-state index contributed by atoms with van der Waals surface area (Å²) < 4.78 is 13.6. The van der Waals surface area contributed by atoms with Crippen LogP contribution >= 0.6 is 15.9 Å². The molecule has 0 spiro atoms. The third-order valence-electron chi connectivity index (χ3n) is 3.85. The first kappa shape index (κ1) is 14.3. The van der Waals surface area contributed by atoms with E-state index in [-0.39, 0.29) is 17.8 Å². The van der Waals surface area contributed by atoms with E-state index in [9.17, 15) is 9.18 Å². The molecule has 2 aromatic carbocycles. The van der Waals surface area contributed by atoms with Gasteiger partial charge in [0.1, 0.15) is 5.82 Å². The maximum atomic E-state index is 13.1. The van der Waals surface area contributed by atoms with Gasteiger partial charge in [0.15, 0.2) is 0 Å². The van der Waals surface area contributed by atoms with Crippen molar-refractivity contribution in [3.8, 4) is 0 Å². The Bertz CT molecular complexity index is 686. The largest absolute Gasteiger partial charge is 0.345 e. The standard InChI is InChI=1S/C17H15BrFNO/c18-15-10-12(19)8-9-14(15)17(21)20-16-7-3-5-11-4-1-2-6-13(11)16/h1-2,4,6,8-10,16H,3,5,7H2,(H,20,21). The zero-order chi connectivity index (χ0) is 14.8. The van der Waals surface area contributed by atoms with Crippen molar-refractivity contribution in [2.75, 3.05) is 0 Å². The minimum absolute atomic E-state index is 0.0272. The molecule has 0 saturated heterocycles. The van der Waals surface area contributed by atoms with Gasteiger partial charge in [-0.25, -0.2) is 4.39 Å². The number of aryl methyl sites for hydroxylation is 1. The van der Waals surface area contributed by atoms with Crippen LogP contribution in [-0.4, -0.2) is 5.91 Å². The first-order valence-electron chi connectivity index (χ1n) is 6.99. The summed E-state index contributed by atoms with van der Waals surface area (Å²) in [5, 5.41) is 3.06. The fraction of sp³-hybridized carbons (Fsp3) is 0.235. The highest BCUT2D eigenvalue weighted by atomic mass is 79.9. The smallest absolute Gasteiger partial charge is 0.252 e.